The zero-order valence-electron chi connectivity index (χ0n) is 11.0. The molecule has 0 heterocycles. The van der Waals surface area contributed by atoms with Gasteiger partial charge in [-0.2, -0.15) is 0 Å². The van der Waals surface area contributed by atoms with Gasteiger partial charge in [0.1, 0.15) is 5.56 Å². The van der Waals surface area contributed by atoms with Gasteiger partial charge in [-0.3, -0.25) is 25.0 Å². The third-order valence-electron chi connectivity index (χ3n) is 2.56. The van der Waals surface area contributed by atoms with Gasteiger partial charge in [0.15, 0.2) is 5.12 Å². The summed E-state index contributed by atoms with van der Waals surface area (Å²) in [5, 5.41) is 30.1. The van der Waals surface area contributed by atoms with E-state index < -0.39 is 33.1 Å². The van der Waals surface area contributed by atoms with Crippen LogP contribution in [0.2, 0.25) is 0 Å². The van der Waals surface area contributed by atoms with Crippen molar-refractivity contribution in [3.63, 3.8) is 0 Å². The maximum Gasteiger partial charge on any atom is 0.281 e. The molecule has 9 heteroatoms. The number of aliphatic hydroxyl groups is 1. The summed E-state index contributed by atoms with van der Waals surface area (Å²) in [5.41, 5.74) is -1.20. The van der Waals surface area contributed by atoms with E-state index in [1.165, 1.54) is 13.0 Å². The number of benzene rings is 1. The lowest BCUT2D eigenvalue weighted by atomic mass is 10.0. The number of nitro groups is 2. The minimum atomic E-state index is -0.920. The van der Waals surface area contributed by atoms with Crippen molar-refractivity contribution in [2.45, 2.75) is 18.8 Å². The van der Waals surface area contributed by atoms with Gasteiger partial charge in [0.25, 0.3) is 11.4 Å². The van der Waals surface area contributed by atoms with Gasteiger partial charge in [-0.25, -0.2) is 0 Å². The van der Waals surface area contributed by atoms with E-state index in [9.17, 15) is 25.0 Å². The summed E-state index contributed by atoms with van der Waals surface area (Å²) in [6.07, 6.45) is 1.24. The molecular formula is C12H12N2O6S. The molecule has 0 aliphatic carbocycles. The molecule has 0 saturated heterocycles. The number of nitro benzene ring substituents is 2. The lowest BCUT2D eigenvalue weighted by Gasteiger charge is -2.12. The lowest BCUT2D eigenvalue weighted by Crippen LogP contribution is -2.06. The zero-order valence-corrected chi connectivity index (χ0v) is 11.8. The fraction of sp³-hybridized carbons (Fsp3) is 0.250. The van der Waals surface area contributed by atoms with Crippen LogP contribution in [0.25, 0.3) is 0 Å². The first kappa shape index (κ1) is 16.8. The van der Waals surface area contributed by atoms with Crippen molar-refractivity contribution in [2.75, 3.05) is 0 Å². The average Bonchev–Trinajstić information content (AvgIpc) is 2.42. The van der Waals surface area contributed by atoms with E-state index in [-0.39, 0.29) is 16.2 Å². The van der Waals surface area contributed by atoms with Crippen LogP contribution in [-0.4, -0.2) is 20.1 Å². The summed E-state index contributed by atoms with van der Waals surface area (Å²) in [7, 11) is 0. The van der Waals surface area contributed by atoms with E-state index in [1.807, 2.05) is 0 Å². The predicted octanol–water partition coefficient (Wildman–Crippen LogP) is 2.50. The predicted molar refractivity (Wildman–Crippen MR) is 76.9 cm³/mol. The topological polar surface area (TPSA) is 124 Å². The summed E-state index contributed by atoms with van der Waals surface area (Å²) >= 11 is 0.701. The van der Waals surface area contributed by atoms with Crippen molar-refractivity contribution in [3.05, 3.63) is 56.1 Å². The monoisotopic (exact) mass is 312 g/mol. The number of nitrogens with zero attached hydrogens (tertiary/aromatic N) is 2. The highest BCUT2D eigenvalue weighted by atomic mass is 32.2. The van der Waals surface area contributed by atoms with Crippen LogP contribution in [-0.2, 0) is 11.4 Å². The van der Waals surface area contributed by atoms with Gasteiger partial charge >= 0.3 is 0 Å². The molecule has 1 atom stereocenters. The summed E-state index contributed by atoms with van der Waals surface area (Å²) < 4.78 is 0. The Morgan fingerprint density at radius 3 is 2.14 bits per heavy atom. The van der Waals surface area contributed by atoms with E-state index in [2.05, 4.69) is 6.58 Å². The van der Waals surface area contributed by atoms with Crippen LogP contribution in [0.1, 0.15) is 23.3 Å². The normalized spacial score (nSPS) is 11.7. The third-order valence-corrected chi connectivity index (χ3v) is 3.58. The van der Waals surface area contributed by atoms with Gasteiger partial charge < -0.3 is 5.11 Å². The highest BCUT2D eigenvalue weighted by Crippen LogP contribution is 2.42. The van der Waals surface area contributed by atoms with Gasteiger partial charge in [-0.05, 0) is 5.56 Å². The third kappa shape index (κ3) is 3.86. The number of rotatable bonds is 6. The molecule has 0 bridgehead atoms. The fourth-order valence-electron chi connectivity index (χ4n) is 1.77. The Morgan fingerprint density at radius 2 is 1.86 bits per heavy atom. The second-order valence-corrected chi connectivity index (χ2v) is 5.30. The number of aliphatic hydroxyl groups excluding tert-OH is 1. The quantitative estimate of drug-likeness (QED) is 0.486. The number of carbonyl (C=O) groups excluding carboxylic acids is 1. The van der Waals surface area contributed by atoms with Crippen molar-refractivity contribution in [3.8, 4) is 0 Å². The van der Waals surface area contributed by atoms with Crippen molar-refractivity contribution >= 4 is 28.3 Å². The van der Waals surface area contributed by atoms with Crippen LogP contribution >= 0.6 is 11.8 Å². The highest BCUT2D eigenvalue weighted by Gasteiger charge is 2.32. The molecule has 0 saturated carbocycles. The smallest absolute Gasteiger partial charge is 0.281 e. The summed E-state index contributed by atoms with van der Waals surface area (Å²) in [6, 6.07) is 2.11. The van der Waals surface area contributed by atoms with E-state index in [4.69, 9.17) is 5.11 Å². The Hall–Kier alpha value is -2.26. The van der Waals surface area contributed by atoms with Crippen molar-refractivity contribution in [2.24, 2.45) is 0 Å². The summed E-state index contributed by atoms with van der Waals surface area (Å²) in [6.45, 7) is 4.15. The molecule has 1 aromatic carbocycles. The van der Waals surface area contributed by atoms with E-state index in [1.54, 1.807) is 0 Å². The van der Waals surface area contributed by atoms with E-state index in [0.29, 0.717) is 11.8 Å². The largest absolute Gasteiger partial charge is 0.392 e. The maximum absolute atomic E-state index is 11.2. The van der Waals surface area contributed by atoms with Crippen molar-refractivity contribution in [1.29, 1.82) is 0 Å². The molecule has 0 aliphatic heterocycles. The van der Waals surface area contributed by atoms with Gasteiger partial charge in [-0.15, -0.1) is 6.58 Å². The molecule has 21 heavy (non-hydrogen) atoms. The molecule has 0 amide bonds. The molecule has 112 valence electrons. The Labute approximate surface area is 123 Å². The lowest BCUT2D eigenvalue weighted by molar-refractivity contribution is -0.395. The average molecular weight is 312 g/mol. The minimum absolute atomic E-state index is 0.0489. The number of hydrogen-bond acceptors (Lipinski definition) is 7. The maximum atomic E-state index is 11.2. The molecule has 1 N–H and O–H groups in total. The molecule has 0 radical (unpaired) electrons. The van der Waals surface area contributed by atoms with Crippen LogP contribution in [0.5, 0.6) is 0 Å². The standard InChI is InChI=1S/C12H12N2O6S/c1-3-11(21-7(2)16)12-9(13(17)18)4-8(6-15)5-10(12)14(19)20/h3-5,11,15H,1,6H2,2H3. The van der Waals surface area contributed by atoms with Crippen LogP contribution in [0.4, 0.5) is 11.4 Å². The minimum Gasteiger partial charge on any atom is -0.392 e. The molecule has 8 nitrogen and oxygen atoms in total. The molecular weight excluding hydrogens is 300 g/mol. The van der Waals surface area contributed by atoms with Crippen LogP contribution in [0.3, 0.4) is 0 Å². The Balaban J connectivity index is 3.65. The summed E-state index contributed by atoms with van der Waals surface area (Å²) in [5.74, 6) is 0. The fourth-order valence-corrected chi connectivity index (χ4v) is 2.58. The zero-order chi connectivity index (χ0) is 16.2. The number of carbonyl (C=O) groups is 1. The molecule has 0 aromatic heterocycles. The highest BCUT2D eigenvalue weighted by molar-refractivity contribution is 8.13. The van der Waals surface area contributed by atoms with Gasteiger partial charge in [0.05, 0.1) is 21.7 Å². The first-order valence-corrected chi connectivity index (χ1v) is 6.56. The van der Waals surface area contributed by atoms with Crippen LogP contribution < -0.4 is 0 Å². The molecule has 0 aliphatic rings. The van der Waals surface area contributed by atoms with E-state index in [0.717, 1.165) is 12.1 Å². The van der Waals surface area contributed by atoms with Crippen LogP contribution in [0.15, 0.2) is 24.8 Å². The Morgan fingerprint density at radius 1 is 1.38 bits per heavy atom. The Bertz CT molecular complexity index is 581. The van der Waals surface area contributed by atoms with Gasteiger partial charge in [0, 0.05) is 19.1 Å². The van der Waals surface area contributed by atoms with Crippen molar-refractivity contribution < 1.29 is 19.7 Å². The first-order valence-electron chi connectivity index (χ1n) is 5.68. The molecule has 0 spiro atoms. The number of hydrogen-bond donors (Lipinski definition) is 1. The molecule has 1 aromatic rings. The number of thioether (sulfide) groups is 1. The SMILES string of the molecule is C=CC(SC(C)=O)c1c([N+](=O)[O-])cc(CO)cc1[N+](=O)[O-]. The Kier molecular flexibility index (Phi) is 5.56. The second kappa shape index (κ2) is 6.95. The first-order chi connectivity index (χ1) is 9.81. The summed E-state index contributed by atoms with van der Waals surface area (Å²) in [4.78, 5) is 31.9. The molecule has 1 rings (SSSR count). The van der Waals surface area contributed by atoms with Gasteiger partial charge in [-0.1, -0.05) is 17.8 Å². The molecule has 0 fully saturated rings. The second-order valence-electron chi connectivity index (χ2n) is 3.99. The van der Waals surface area contributed by atoms with Crippen LogP contribution in [0, 0.1) is 20.2 Å². The van der Waals surface area contributed by atoms with Crippen molar-refractivity contribution in [1.82, 2.24) is 0 Å². The molecule has 1 unspecified atom stereocenters. The van der Waals surface area contributed by atoms with E-state index >= 15 is 0 Å². The van der Waals surface area contributed by atoms with Gasteiger partial charge in [0.2, 0.25) is 0 Å².